The van der Waals surface area contributed by atoms with Crippen LogP contribution in [0.2, 0.25) is 0 Å². The van der Waals surface area contributed by atoms with Crippen molar-refractivity contribution in [1.29, 1.82) is 0 Å². The summed E-state index contributed by atoms with van der Waals surface area (Å²) in [5.41, 5.74) is 1.03. The molecular formula is C14H18FNO. The minimum Gasteiger partial charge on any atom is -0.493 e. The molecule has 0 saturated heterocycles. The Morgan fingerprint density at radius 3 is 2.88 bits per heavy atom. The molecule has 2 fully saturated rings. The largest absolute Gasteiger partial charge is 0.493 e. The van der Waals surface area contributed by atoms with Gasteiger partial charge in [0.15, 0.2) is 0 Å². The van der Waals surface area contributed by atoms with E-state index in [1.165, 1.54) is 18.9 Å². The van der Waals surface area contributed by atoms with Gasteiger partial charge in [-0.3, -0.25) is 0 Å². The molecule has 0 heterocycles. The molecule has 0 radical (unpaired) electrons. The predicted octanol–water partition coefficient (Wildman–Crippen LogP) is 2.69. The average molecular weight is 235 g/mol. The highest BCUT2D eigenvalue weighted by Gasteiger charge is 2.39. The van der Waals surface area contributed by atoms with Gasteiger partial charge in [-0.15, -0.1) is 0 Å². The van der Waals surface area contributed by atoms with Crippen LogP contribution in [0.3, 0.4) is 0 Å². The van der Waals surface area contributed by atoms with Crippen molar-refractivity contribution in [3.63, 3.8) is 0 Å². The van der Waals surface area contributed by atoms with E-state index in [0.717, 1.165) is 30.3 Å². The predicted molar refractivity (Wildman–Crippen MR) is 64.8 cm³/mol. The highest BCUT2D eigenvalue weighted by Crippen LogP contribution is 2.45. The van der Waals surface area contributed by atoms with Crippen LogP contribution in [0.25, 0.3) is 0 Å². The highest BCUT2D eigenvalue weighted by molar-refractivity contribution is 5.41. The number of benzene rings is 1. The summed E-state index contributed by atoms with van der Waals surface area (Å²) in [4.78, 5) is 0. The van der Waals surface area contributed by atoms with Crippen LogP contribution in [0.1, 0.15) is 30.7 Å². The van der Waals surface area contributed by atoms with E-state index < -0.39 is 0 Å². The second-order valence-electron chi connectivity index (χ2n) is 5.17. The molecule has 2 nitrogen and oxygen atoms in total. The van der Waals surface area contributed by atoms with Gasteiger partial charge in [-0.25, -0.2) is 4.39 Å². The van der Waals surface area contributed by atoms with Crippen molar-refractivity contribution in [2.45, 2.75) is 31.2 Å². The Balaban J connectivity index is 1.75. The Bertz CT molecular complexity index is 417. The number of ether oxygens (including phenoxy) is 1. The average Bonchev–Trinajstić information content (AvgIpc) is 3.21. The Kier molecular flexibility index (Phi) is 2.79. The number of hydrogen-bond acceptors (Lipinski definition) is 2. The summed E-state index contributed by atoms with van der Waals surface area (Å²) in [6, 6.07) is 5.38. The van der Waals surface area contributed by atoms with E-state index in [9.17, 15) is 4.39 Å². The van der Waals surface area contributed by atoms with Gasteiger partial charge >= 0.3 is 0 Å². The number of rotatable bonds is 5. The van der Waals surface area contributed by atoms with Crippen molar-refractivity contribution >= 4 is 0 Å². The summed E-state index contributed by atoms with van der Waals surface area (Å²) < 4.78 is 19.1. The van der Waals surface area contributed by atoms with Gasteiger partial charge in [-0.2, -0.15) is 0 Å². The first-order valence-electron chi connectivity index (χ1n) is 6.37. The lowest BCUT2D eigenvalue weighted by molar-refractivity contribution is 0.296. The van der Waals surface area contributed by atoms with Crippen LogP contribution >= 0.6 is 0 Å². The van der Waals surface area contributed by atoms with Gasteiger partial charge in [0, 0.05) is 17.5 Å². The lowest BCUT2D eigenvalue weighted by Gasteiger charge is -2.11. The van der Waals surface area contributed by atoms with E-state index >= 15 is 0 Å². The molecule has 0 aliphatic heterocycles. The van der Waals surface area contributed by atoms with Crippen LogP contribution < -0.4 is 10.1 Å². The summed E-state index contributed by atoms with van der Waals surface area (Å²) in [7, 11) is 1.95. The van der Waals surface area contributed by atoms with Crippen LogP contribution in [-0.4, -0.2) is 19.7 Å². The summed E-state index contributed by atoms with van der Waals surface area (Å²) in [5, 5.41) is 3.23. The quantitative estimate of drug-likeness (QED) is 0.847. The maximum atomic E-state index is 13.3. The van der Waals surface area contributed by atoms with Crippen molar-refractivity contribution in [3.8, 4) is 5.75 Å². The third kappa shape index (κ3) is 2.44. The van der Waals surface area contributed by atoms with Gasteiger partial charge in [-0.05, 0) is 50.4 Å². The van der Waals surface area contributed by atoms with Crippen molar-refractivity contribution in [2.24, 2.45) is 5.92 Å². The summed E-state index contributed by atoms with van der Waals surface area (Å²) >= 11 is 0. The minimum absolute atomic E-state index is 0.166. The van der Waals surface area contributed by atoms with Gasteiger partial charge in [0.1, 0.15) is 11.6 Å². The third-order valence-corrected chi connectivity index (χ3v) is 3.70. The molecular weight excluding hydrogens is 217 g/mol. The van der Waals surface area contributed by atoms with E-state index in [0.29, 0.717) is 12.0 Å². The Morgan fingerprint density at radius 2 is 2.24 bits per heavy atom. The summed E-state index contributed by atoms with van der Waals surface area (Å²) in [6.07, 6.45) is 3.64. The maximum Gasteiger partial charge on any atom is 0.123 e. The van der Waals surface area contributed by atoms with E-state index in [1.54, 1.807) is 12.1 Å². The van der Waals surface area contributed by atoms with Crippen LogP contribution in [0.4, 0.5) is 4.39 Å². The van der Waals surface area contributed by atoms with Crippen LogP contribution in [0.15, 0.2) is 18.2 Å². The van der Waals surface area contributed by atoms with Gasteiger partial charge in [0.05, 0.1) is 6.61 Å². The normalized spacial score (nSPS) is 26.9. The second kappa shape index (κ2) is 4.30. The van der Waals surface area contributed by atoms with E-state index in [-0.39, 0.29) is 5.82 Å². The first-order chi connectivity index (χ1) is 8.28. The summed E-state index contributed by atoms with van der Waals surface area (Å²) in [6.45, 7) is 0.787. The van der Waals surface area contributed by atoms with Crippen LogP contribution in [0.5, 0.6) is 5.75 Å². The van der Waals surface area contributed by atoms with E-state index in [2.05, 4.69) is 5.32 Å². The molecule has 2 saturated carbocycles. The highest BCUT2D eigenvalue weighted by atomic mass is 19.1. The molecule has 3 heteroatoms. The zero-order valence-electron chi connectivity index (χ0n) is 10.1. The van der Waals surface area contributed by atoms with Crippen molar-refractivity contribution in [2.75, 3.05) is 13.7 Å². The number of likely N-dealkylation sites (N-methyl/N-ethyl adjacent to an activating group) is 1. The fourth-order valence-corrected chi connectivity index (χ4v) is 2.29. The lowest BCUT2D eigenvalue weighted by atomic mass is 10.1. The standard InChI is InChI=1S/C14H18FNO/c1-16-13-7-11(13)12-6-10(15)4-5-14(12)17-8-9-2-3-9/h4-6,9,11,13,16H,2-3,7-8H2,1H3. The molecule has 1 aromatic carbocycles. The fourth-order valence-electron chi connectivity index (χ4n) is 2.29. The Labute approximate surface area is 101 Å². The number of hydrogen-bond donors (Lipinski definition) is 1. The molecule has 17 heavy (non-hydrogen) atoms. The molecule has 1 N–H and O–H groups in total. The van der Waals surface area contributed by atoms with Crippen LogP contribution in [-0.2, 0) is 0 Å². The molecule has 2 atom stereocenters. The smallest absolute Gasteiger partial charge is 0.123 e. The van der Waals surface area contributed by atoms with E-state index in [4.69, 9.17) is 4.74 Å². The maximum absolute atomic E-state index is 13.3. The molecule has 2 unspecified atom stereocenters. The molecule has 1 aromatic rings. The van der Waals surface area contributed by atoms with Crippen molar-refractivity contribution < 1.29 is 9.13 Å². The third-order valence-electron chi connectivity index (χ3n) is 3.70. The van der Waals surface area contributed by atoms with Gasteiger partial charge in [0.2, 0.25) is 0 Å². The van der Waals surface area contributed by atoms with Crippen molar-refractivity contribution in [1.82, 2.24) is 5.32 Å². The Morgan fingerprint density at radius 1 is 1.41 bits per heavy atom. The zero-order chi connectivity index (χ0) is 11.8. The molecule has 0 aromatic heterocycles. The molecule has 0 amide bonds. The summed E-state index contributed by atoms with van der Waals surface area (Å²) in [5.74, 6) is 1.86. The zero-order valence-corrected chi connectivity index (χ0v) is 10.1. The second-order valence-corrected chi connectivity index (χ2v) is 5.17. The molecule has 2 aliphatic carbocycles. The van der Waals surface area contributed by atoms with Gasteiger partial charge < -0.3 is 10.1 Å². The first kappa shape index (κ1) is 11.0. The lowest BCUT2D eigenvalue weighted by Crippen LogP contribution is -2.11. The Hall–Kier alpha value is -1.09. The molecule has 0 bridgehead atoms. The SMILES string of the molecule is CNC1CC1c1cc(F)ccc1OCC1CC1. The van der Waals surface area contributed by atoms with Gasteiger partial charge in [-0.1, -0.05) is 0 Å². The monoisotopic (exact) mass is 235 g/mol. The molecule has 2 aliphatic rings. The fraction of sp³-hybridized carbons (Fsp3) is 0.571. The molecule has 92 valence electrons. The van der Waals surface area contributed by atoms with Crippen LogP contribution in [0, 0.1) is 11.7 Å². The minimum atomic E-state index is -0.166. The van der Waals surface area contributed by atoms with E-state index in [1.807, 2.05) is 7.05 Å². The van der Waals surface area contributed by atoms with Crippen molar-refractivity contribution in [3.05, 3.63) is 29.6 Å². The number of nitrogens with one attached hydrogen (secondary N) is 1. The first-order valence-corrected chi connectivity index (χ1v) is 6.37. The van der Waals surface area contributed by atoms with Gasteiger partial charge in [0.25, 0.3) is 0 Å². The number of halogens is 1. The molecule has 0 spiro atoms. The molecule has 3 rings (SSSR count). The topological polar surface area (TPSA) is 21.3 Å².